The number of carbonyl (C=O) groups is 1. The number of hydrogen-bond donors (Lipinski definition) is 1. The molecule has 0 bridgehead atoms. The summed E-state index contributed by atoms with van der Waals surface area (Å²) < 4.78 is 22.2. The van der Waals surface area contributed by atoms with Crippen molar-refractivity contribution in [2.75, 3.05) is 25.6 Å². The zero-order chi connectivity index (χ0) is 22.8. The van der Waals surface area contributed by atoms with Crippen molar-refractivity contribution in [3.8, 4) is 28.7 Å². The van der Waals surface area contributed by atoms with E-state index in [4.69, 9.17) is 18.6 Å². The Morgan fingerprint density at radius 3 is 2.50 bits per heavy atom. The summed E-state index contributed by atoms with van der Waals surface area (Å²) in [6.07, 6.45) is 4.47. The van der Waals surface area contributed by atoms with Gasteiger partial charge in [0.1, 0.15) is 5.75 Å². The van der Waals surface area contributed by atoms with Crippen LogP contribution in [0.1, 0.15) is 49.9 Å². The molecule has 0 spiro atoms. The number of ether oxygens (including phenoxy) is 3. The minimum absolute atomic E-state index is 0.00843. The lowest BCUT2D eigenvalue weighted by atomic mass is 10.2. The van der Waals surface area contributed by atoms with Crippen molar-refractivity contribution in [2.45, 2.75) is 39.5 Å². The fraction of sp³-hybridized carbons (Fsp3) is 0.375. The molecule has 0 atom stereocenters. The first-order chi connectivity index (χ1) is 15.6. The molecular formula is C24H29N3O5. The van der Waals surface area contributed by atoms with Crippen molar-refractivity contribution >= 4 is 11.9 Å². The fourth-order valence-corrected chi connectivity index (χ4v) is 3.06. The maximum absolute atomic E-state index is 12.6. The van der Waals surface area contributed by atoms with E-state index in [1.165, 1.54) is 12.8 Å². The largest absolute Gasteiger partial charge is 0.494 e. The summed E-state index contributed by atoms with van der Waals surface area (Å²) in [5.74, 6) is 1.77. The molecule has 3 rings (SSSR count). The van der Waals surface area contributed by atoms with Gasteiger partial charge in [-0.15, -0.1) is 5.10 Å². The number of anilines is 1. The SMILES string of the molecule is CCCCCCOc1ccc(C(=O)Nc2nnc(-c3ccc(OCC)cc3)o2)cc1OC. The number of aromatic nitrogens is 2. The molecular weight excluding hydrogens is 410 g/mol. The highest BCUT2D eigenvalue weighted by Gasteiger charge is 2.15. The van der Waals surface area contributed by atoms with Gasteiger partial charge in [-0.2, -0.15) is 0 Å². The second kappa shape index (κ2) is 11.7. The van der Waals surface area contributed by atoms with Gasteiger partial charge >= 0.3 is 6.01 Å². The zero-order valence-electron chi connectivity index (χ0n) is 18.7. The number of methoxy groups -OCH3 is 1. The number of unbranched alkanes of at least 4 members (excludes halogenated alkanes) is 3. The molecule has 0 saturated heterocycles. The highest BCUT2D eigenvalue weighted by atomic mass is 16.5. The van der Waals surface area contributed by atoms with E-state index in [-0.39, 0.29) is 11.9 Å². The minimum atomic E-state index is -0.389. The third-order valence-corrected chi connectivity index (χ3v) is 4.74. The number of carbonyl (C=O) groups excluding carboxylic acids is 1. The molecule has 1 aromatic heterocycles. The van der Waals surface area contributed by atoms with Gasteiger partial charge in [-0.05, 0) is 55.8 Å². The van der Waals surface area contributed by atoms with E-state index in [1.54, 1.807) is 25.3 Å². The van der Waals surface area contributed by atoms with Crippen molar-refractivity contribution in [3.63, 3.8) is 0 Å². The van der Waals surface area contributed by atoms with Crippen LogP contribution in [0.2, 0.25) is 0 Å². The number of benzene rings is 2. The lowest BCUT2D eigenvalue weighted by molar-refractivity contribution is 0.102. The molecule has 0 aliphatic rings. The topological polar surface area (TPSA) is 95.7 Å². The van der Waals surface area contributed by atoms with Gasteiger partial charge in [0.25, 0.3) is 5.91 Å². The summed E-state index contributed by atoms with van der Waals surface area (Å²) in [7, 11) is 1.54. The van der Waals surface area contributed by atoms with Crippen LogP contribution in [0, 0.1) is 0 Å². The molecule has 170 valence electrons. The maximum Gasteiger partial charge on any atom is 0.322 e. The van der Waals surface area contributed by atoms with E-state index in [0.717, 1.165) is 24.2 Å². The van der Waals surface area contributed by atoms with Crippen molar-refractivity contribution in [1.82, 2.24) is 10.2 Å². The van der Waals surface area contributed by atoms with Crippen LogP contribution in [0.3, 0.4) is 0 Å². The van der Waals surface area contributed by atoms with Gasteiger partial charge in [0.15, 0.2) is 11.5 Å². The van der Waals surface area contributed by atoms with Crippen LogP contribution in [0.25, 0.3) is 11.5 Å². The molecule has 8 nitrogen and oxygen atoms in total. The minimum Gasteiger partial charge on any atom is -0.494 e. The summed E-state index contributed by atoms with van der Waals surface area (Å²) in [6.45, 7) is 5.29. The molecule has 3 aromatic rings. The number of amides is 1. The van der Waals surface area contributed by atoms with Crippen LogP contribution in [-0.4, -0.2) is 36.4 Å². The Labute approximate surface area is 187 Å². The lowest BCUT2D eigenvalue weighted by Crippen LogP contribution is -2.12. The van der Waals surface area contributed by atoms with E-state index >= 15 is 0 Å². The van der Waals surface area contributed by atoms with Crippen LogP contribution >= 0.6 is 0 Å². The van der Waals surface area contributed by atoms with E-state index in [2.05, 4.69) is 22.4 Å². The van der Waals surface area contributed by atoms with Crippen LogP contribution in [0.15, 0.2) is 46.9 Å². The second-order valence-corrected chi connectivity index (χ2v) is 7.10. The van der Waals surface area contributed by atoms with E-state index in [0.29, 0.717) is 36.2 Å². The maximum atomic E-state index is 12.6. The quantitative estimate of drug-likeness (QED) is 0.380. The van der Waals surface area contributed by atoms with Crippen molar-refractivity contribution in [1.29, 1.82) is 0 Å². The van der Waals surface area contributed by atoms with Gasteiger partial charge in [-0.1, -0.05) is 31.3 Å². The Balaban J connectivity index is 1.61. The van der Waals surface area contributed by atoms with Crippen LogP contribution in [-0.2, 0) is 0 Å². The van der Waals surface area contributed by atoms with Crippen molar-refractivity contribution < 1.29 is 23.4 Å². The number of nitrogens with one attached hydrogen (secondary N) is 1. The summed E-state index contributed by atoms with van der Waals surface area (Å²) in [5.41, 5.74) is 1.12. The first kappa shape index (κ1) is 23.1. The summed E-state index contributed by atoms with van der Waals surface area (Å²) in [4.78, 5) is 12.6. The molecule has 1 amide bonds. The molecule has 2 aromatic carbocycles. The summed E-state index contributed by atoms with van der Waals surface area (Å²) >= 11 is 0. The molecule has 0 aliphatic heterocycles. The van der Waals surface area contributed by atoms with Gasteiger partial charge in [0, 0.05) is 11.1 Å². The monoisotopic (exact) mass is 439 g/mol. The molecule has 32 heavy (non-hydrogen) atoms. The van der Waals surface area contributed by atoms with Gasteiger partial charge < -0.3 is 18.6 Å². The number of rotatable bonds is 12. The second-order valence-electron chi connectivity index (χ2n) is 7.10. The molecule has 8 heteroatoms. The van der Waals surface area contributed by atoms with E-state index in [1.807, 2.05) is 31.2 Å². The average molecular weight is 440 g/mol. The Kier molecular flexibility index (Phi) is 8.48. The molecule has 0 radical (unpaired) electrons. The van der Waals surface area contributed by atoms with Crippen LogP contribution < -0.4 is 19.5 Å². The molecule has 1 N–H and O–H groups in total. The number of nitrogens with zero attached hydrogens (tertiary/aromatic N) is 2. The summed E-state index contributed by atoms with van der Waals surface area (Å²) in [5, 5.41) is 10.5. The van der Waals surface area contributed by atoms with Crippen molar-refractivity contribution in [3.05, 3.63) is 48.0 Å². The van der Waals surface area contributed by atoms with E-state index in [9.17, 15) is 4.79 Å². The molecule has 0 saturated carbocycles. The normalized spacial score (nSPS) is 10.6. The molecule has 1 heterocycles. The van der Waals surface area contributed by atoms with Crippen LogP contribution in [0.5, 0.6) is 17.2 Å². The van der Waals surface area contributed by atoms with Crippen molar-refractivity contribution in [2.24, 2.45) is 0 Å². The predicted octanol–water partition coefficient (Wildman–Crippen LogP) is 5.36. The molecule has 0 unspecified atom stereocenters. The first-order valence-corrected chi connectivity index (χ1v) is 10.8. The third kappa shape index (κ3) is 6.23. The summed E-state index contributed by atoms with van der Waals surface area (Å²) in [6, 6.07) is 12.3. The molecule has 0 fully saturated rings. The van der Waals surface area contributed by atoms with E-state index < -0.39 is 0 Å². The molecule has 0 aliphatic carbocycles. The Bertz CT molecular complexity index is 1000. The first-order valence-electron chi connectivity index (χ1n) is 10.8. The Morgan fingerprint density at radius 2 is 1.78 bits per heavy atom. The van der Waals surface area contributed by atoms with Crippen LogP contribution in [0.4, 0.5) is 6.01 Å². The van der Waals surface area contributed by atoms with Gasteiger partial charge in [0.2, 0.25) is 5.89 Å². The number of hydrogen-bond acceptors (Lipinski definition) is 7. The predicted molar refractivity (Wildman–Crippen MR) is 121 cm³/mol. The average Bonchev–Trinajstić information content (AvgIpc) is 3.28. The lowest BCUT2D eigenvalue weighted by Gasteiger charge is -2.12. The smallest absolute Gasteiger partial charge is 0.322 e. The standard InChI is InChI=1S/C24H29N3O5/c1-4-6-7-8-15-31-20-14-11-18(16-21(20)29-3)22(28)25-24-27-26-23(32-24)17-9-12-19(13-10-17)30-5-2/h9-14,16H,4-8,15H2,1-3H3,(H,25,27,28). The highest BCUT2D eigenvalue weighted by Crippen LogP contribution is 2.29. The fourth-order valence-electron chi connectivity index (χ4n) is 3.06. The zero-order valence-corrected chi connectivity index (χ0v) is 18.7. The van der Waals surface area contributed by atoms with Gasteiger partial charge in [-0.25, -0.2) is 0 Å². The Hall–Kier alpha value is -3.55. The third-order valence-electron chi connectivity index (χ3n) is 4.74. The van der Waals surface area contributed by atoms with Gasteiger partial charge in [0.05, 0.1) is 20.3 Å². The highest BCUT2D eigenvalue weighted by molar-refractivity contribution is 6.03. The Morgan fingerprint density at radius 1 is 0.969 bits per heavy atom. The van der Waals surface area contributed by atoms with Gasteiger partial charge in [-0.3, -0.25) is 10.1 Å².